The largest absolute Gasteiger partial charge is 0.504 e. The summed E-state index contributed by atoms with van der Waals surface area (Å²) in [5.74, 6) is -0.444. The summed E-state index contributed by atoms with van der Waals surface area (Å²) in [6.45, 7) is 0.227. The number of anilines is 1. The predicted molar refractivity (Wildman–Crippen MR) is 82.3 cm³/mol. The van der Waals surface area contributed by atoms with Gasteiger partial charge in [0, 0.05) is 19.2 Å². The highest BCUT2D eigenvalue weighted by Crippen LogP contribution is 2.17. The van der Waals surface area contributed by atoms with Gasteiger partial charge in [-0.05, 0) is 17.7 Å². The maximum Gasteiger partial charge on any atom is 0.227 e. The van der Waals surface area contributed by atoms with Crippen LogP contribution in [0.4, 0.5) is 5.82 Å². The molecule has 0 saturated heterocycles. The van der Waals surface area contributed by atoms with Gasteiger partial charge in [-0.1, -0.05) is 30.3 Å². The first-order valence-corrected chi connectivity index (χ1v) is 6.89. The Hall–Kier alpha value is -2.89. The van der Waals surface area contributed by atoms with E-state index in [-0.39, 0.29) is 42.8 Å². The molecule has 1 heterocycles. The summed E-state index contributed by atoms with van der Waals surface area (Å²) in [6, 6.07) is 12.4. The number of rotatable bonds is 6. The molecule has 0 fully saturated rings. The van der Waals surface area contributed by atoms with E-state index in [4.69, 9.17) is 0 Å². The van der Waals surface area contributed by atoms with Gasteiger partial charge < -0.3 is 15.7 Å². The molecular formula is C16H17N3O3. The molecule has 1 aromatic carbocycles. The molecule has 3 N–H and O–H groups in total. The smallest absolute Gasteiger partial charge is 0.227 e. The van der Waals surface area contributed by atoms with Crippen molar-refractivity contribution in [1.29, 1.82) is 0 Å². The highest BCUT2D eigenvalue weighted by molar-refractivity contribution is 5.91. The average molecular weight is 299 g/mol. The van der Waals surface area contributed by atoms with E-state index in [0.29, 0.717) is 0 Å². The lowest BCUT2D eigenvalue weighted by Crippen LogP contribution is -2.29. The number of carbonyl (C=O) groups excluding carboxylic acids is 2. The van der Waals surface area contributed by atoms with Gasteiger partial charge in [0.15, 0.2) is 11.6 Å². The zero-order valence-corrected chi connectivity index (χ0v) is 12.0. The van der Waals surface area contributed by atoms with Crippen molar-refractivity contribution < 1.29 is 14.7 Å². The van der Waals surface area contributed by atoms with E-state index in [0.717, 1.165) is 5.56 Å². The number of amides is 2. The summed E-state index contributed by atoms with van der Waals surface area (Å²) < 4.78 is 0. The zero-order valence-electron chi connectivity index (χ0n) is 12.0. The summed E-state index contributed by atoms with van der Waals surface area (Å²) in [5.41, 5.74) is 0.919. The van der Waals surface area contributed by atoms with Crippen LogP contribution in [0.3, 0.4) is 0 Å². The molecule has 2 aromatic rings. The van der Waals surface area contributed by atoms with E-state index in [2.05, 4.69) is 15.6 Å². The van der Waals surface area contributed by atoms with E-state index in [1.807, 2.05) is 30.3 Å². The Bertz CT molecular complexity index is 644. The van der Waals surface area contributed by atoms with E-state index >= 15 is 0 Å². The second-order valence-corrected chi connectivity index (χ2v) is 4.68. The minimum atomic E-state index is -0.325. The quantitative estimate of drug-likeness (QED) is 0.753. The van der Waals surface area contributed by atoms with Crippen molar-refractivity contribution in [3.63, 3.8) is 0 Å². The van der Waals surface area contributed by atoms with Crippen LogP contribution in [-0.4, -0.2) is 28.4 Å². The van der Waals surface area contributed by atoms with Crippen molar-refractivity contribution in [1.82, 2.24) is 10.3 Å². The van der Waals surface area contributed by atoms with Crippen molar-refractivity contribution >= 4 is 17.6 Å². The van der Waals surface area contributed by atoms with Crippen molar-refractivity contribution in [3.8, 4) is 5.75 Å². The first kappa shape index (κ1) is 15.5. The molecule has 0 aliphatic rings. The molecule has 6 nitrogen and oxygen atoms in total. The van der Waals surface area contributed by atoms with Gasteiger partial charge in [-0.25, -0.2) is 4.98 Å². The van der Waals surface area contributed by atoms with Crippen LogP contribution in [0.5, 0.6) is 5.75 Å². The van der Waals surface area contributed by atoms with Crippen LogP contribution < -0.4 is 10.6 Å². The Morgan fingerprint density at radius 3 is 2.55 bits per heavy atom. The maximum absolute atomic E-state index is 11.7. The molecule has 0 spiro atoms. The SMILES string of the molecule is O=C(Cc1ccccc1)NCCC(=O)Nc1ncccc1O. The molecular weight excluding hydrogens is 282 g/mol. The van der Waals surface area contributed by atoms with E-state index in [9.17, 15) is 14.7 Å². The van der Waals surface area contributed by atoms with Crippen molar-refractivity contribution in [3.05, 3.63) is 54.2 Å². The third kappa shape index (κ3) is 4.90. The third-order valence-corrected chi connectivity index (χ3v) is 2.93. The second-order valence-electron chi connectivity index (χ2n) is 4.68. The fourth-order valence-corrected chi connectivity index (χ4v) is 1.85. The monoisotopic (exact) mass is 299 g/mol. The van der Waals surface area contributed by atoms with Crippen LogP contribution in [-0.2, 0) is 16.0 Å². The van der Waals surface area contributed by atoms with E-state index < -0.39 is 0 Å². The number of carbonyl (C=O) groups is 2. The maximum atomic E-state index is 11.7. The fourth-order valence-electron chi connectivity index (χ4n) is 1.85. The lowest BCUT2D eigenvalue weighted by molar-refractivity contribution is -0.120. The molecule has 0 radical (unpaired) electrons. The molecule has 0 aliphatic heterocycles. The summed E-state index contributed by atoms with van der Waals surface area (Å²) in [6.07, 6.45) is 1.86. The lowest BCUT2D eigenvalue weighted by atomic mass is 10.1. The Balaban J connectivity index is 1.71. The Labute approximate surface area is 128 Å². The minimum Gasteiger partial charge on any atom is -0.504 e. The molecule has 22 heavy (non-hydrogen) atoms. The Morgan fingerprint density at radius 2 is 1.82 bits per heavy atom. The van der Waals surface area contributed by atoms with Crippen LogP contribution in [0.25, 0.3) is 0 Å². The van der Waals surface area contributed by atoms with Crippen LogP contribution in [0.2, 0.25) is 0 Å². The minimum absolute atomic E-state index is 0.0936. The molecule has 6 heteroatoms. The summed E-state index contributed by atoms with van der Waals surface area (Å²) in [7, 11) is 0. The lowest BCUT2D eigenvalue weighted by Gasteiger charge is -2.07. The normalized spacial score (nSPS) is 10.0. The molecule has 0 bridgehead atoms. The van der Waals surface area contributed by atoms with Gasteiger partial charge in [0.25, 0.3) is 0 Å². The second kappa shape index (κ2) is 7.78. The van der Waals surface area contributed by atoms with Gasteiger partial charge in [0.05, 0.1) is 6.42 Å². The van der Waals surface area contributed by atoms with Crippen molar-refractivity contribution in [2.24, 2.45) is 0 Å². The van der Waals surface area contributed by atoms with Gasteiger partial charge in [-0.3, -0.25) is 9.59 Å². The first-order valence-electron chi connectivity index (χ1n) is 6.89. The number of nitrogens with zero attached hydrogens (tertiary/aromatic N) is 1. The number of aromatic hydroxyl groups is 1. The molecule has 2 rings (SSSR count). The molecule has 2 amide bonds. The van der Waals surface area contributed by atoms with Gasteiger partial charge >= 0.3 is 0 Å². The van der Waals surface area contributed by atoms with E-state index in [1.165, 1.54) is 12.3 Å². The number of hydrogen-bond acceptors (Lipinski definition) is 4. The molecule has 1 aromatic heterocycles. The fraction of sp³-hybridized carbons (Fsp3) is 0.188. The number of hydrogen-bond donors (Lipinski definition) is 3. The summed E-state index contributed by atoms with van der Waals surface area (Å²) in [5, 5.41) is 14.7. The van der Waals surface area contributed by atoms with Crippen LogP contribution in [0.15, 0.2) is 48.7 Å². The van der Waals surface area contributed by atoms with Crippen molar-refractivity contribution in [2.45, 2.75) is 12.8 Å². The zero-order chi connectivity index (χ0) is 15.8. The Kier molecular flexibility index (Phi) is 5.48. The topological polar surface area (TPSA) is 91.3 Å². The average Bonchev–Trinajstić information content (AvgIpc) is 2.50. The number of aromatic nitrogens is 1. The predicted octanol–water partition coefficient (Wildman–Crippen LogP) is 1.47. The van der Waals surface area contributed by atoms with Crippen molar-refractivity contribution in [2.75, 3.05) is 11.9 Å². The molecule has 0 atom stereocenters. The number of pyridine rings is 1. The van der Waals surface area contributed by atoms with Gasteiger partial charge in [-0.2, -0.15) is 0 Å². The molecule has 0 aliphatic carbocycles. The molecule has 0 unspecified atom stereocenters. The molecule has 0 saturated carbocycles. The standard InChI is InChI=1S/C16H17N3O3/c20-13-7-4-9-18-16(13)19-14(21)8-10-17-15(22)11-12-5-2-1-3-6-12/h1-7,9,20H,8,10-11H2,(H,17,22)(H,18,19,21). The van der Waals surface area contributed by atoms with Gasteiger partial charge in [0.2, 0.25) is 11.8 Å². The van der Waals surface area contributed by atoms with E-state index in [1.54, 1.807) is 6.07 Å². The van der Waals surface area contributed by atoms with Crippen LogP contribution in [0, 0.1) is 0 Å². The van der Waals surface area contributed by atoms with Crippen LogP contribution in [0.1, 0.15) is 12.0 Å². The molecule has 114 valence electrons. The Morgan fingerprint density at radius 1 is 1.05 bits per heavy atom. The van der Waals surface area contributed by atoms with Crippen LogP contribution >= 0.6 is 0 Å². The summed E-state index contributed by atoms with van der Waals surface area (Å²) >= 11 is 0. The first-order chi connectivity index (χ1) is 10.6. The number of nitrogens with one attached hydrogen (secondary N) is 2. The highest BCUT2D eigenvalue weighted by Gasteiger charge is 2.08. The number of benzene rings is 1. The third-order valence-electron chi connectivity index (χ3n) is 2.93. The summed E-state index contributed by atoms with van der Waals surface area (Å²) in [4.78, 5) is 27.3. The highest BCUT2D eigenvalue weighted by atomic mass is 16.3. The van der Waals surface area contributed by atoms with Gasteiger partial charge in [0.1, 0.15) is 0 Å². The van der Waals surface area contributed by atoms with Gasteiger partial charge in [-0.15, -0.1) is 0 Å².